The quantitative estimate of drug-likeness (QED) is 0.857. The SMILES string of the molecule is CC1CCCN(C(=O)C2CCN(C(=O)CNC(=O)c3cccc(F)c3)CC2)C1. The molecule has 1 unspecified atom stereocenters. The number of hydrogen-bond acceptors (Lipinski definition) is 3. The molecule has 1 N–H and O–H groups in total. The van der Waals surface area contributed by atoms with E-state index in [4.69, 9.17) is 0 Å². The summed E-state index contributed by atoms with van der Waals surface area (Å²) in [6.07, 6.45) is 3.56. The predicted molar refractivity (Wildman–Crippen MR) is 103 cm³/mol. The molecule has 0 aliphatic carbocycles. The van der Waals surface area contributed by atoms with Gasteiger partial charge in [0, 0.05) is 37.7 Å². The molecule has 6 nitrogen and oxygen atoms in total. The van der Waals surface area contributed by atoms with E-state index in [1.165, 1.54) is 24.6 Å². The third kappa shape index (κ3) is 5.09. The van der Waals surface area contributed by atoms with Gasteiger partial charge < -0.3 is 15.1 Å². The molecule has 28 heavy (non-hydrogen) atoms. The minimum atomic E-state index is -0.492. The van der Waals surface area contributed by atoms with Crippen molar-refractivity contribution in [3.63, 3.8) is 0 Å². The Kier molecular flexibility index (Phi) is 6.65. The number of nitrogens with one attached hydrogen (secondary N) is 1. The second kappa shape index (κ2) is 9.17. The van der Waals surface area contributed by atoms with Gasteiger partial charge >= 0.3 is 0 Å². The predicted octanol–water partition coefficient (Wildman–Crippen LogP) is 2.05. The summed E-state index contributed by atoms with van der Waals surface area (Å²) in [5.74, 6) is -0.386. The lowest BCUT2D eigenvalue weighted by molar-refractivity contribution is -0.141. The monoisotopic (exact) mass is 389 g/mol. The Morgan fingerprint density at radius 1 is 1.11 bits per heavy atom. The molecule has 3 rings (SSSR count). The summed E-state index contributed by atoms with van der Waals surface area (Å²) in [4.78, 5) is 40.8. The van der Waals surface area contributed by atoms with E-state index in [-0.39, 0.29) is 29.8 Å². The summed E-state index contributed by atoms with van der Waals surface area (Å²) >= 11 is 0. The molecule has 0 spiro atoms. The standard InChI is InChI=1S/C21H28FN3O3/c1-15-4-3-9-25(14-15)21(28)16-7-10-24(11-8-16)19(26)13-23-20(27)17-5-2-6-18(22)12-17/h2,5-6,12,15-16H,3-4,7-11,13-14H2,1H3,(H,23,27). The molecule has 2 heterocycles. The van der Waals surface area contributed by atoms with Crippen LogP contribution in [0.4, 0.5) is 4.39 Å². The van der Waals surface area contributed by atoms with Crippen molar-refractivity contribution in [2.45, 2.75) is 32.6 Å². The first-order valence-corrected chi connectivity index (χ1v) is 10.0. The number of halogens is 1. The molecule has 1 aromatic carbocycles. The van der Waals surface area contributed by atoms with Crippen molar-refractivity contribution in [1.29, 1.82) is 0 Å². The molecule has 1 atom stereocenters. The zero-order valence-electron chi connectivity index (χ0n) is 16.3. The van der Waals surface area contributed by atoms with Gasteiger partial charge in [0.1, 0.15) is 5.82 Å². The number of benzene rings is 1. The highest BCUT2D eigenvalue weighted by atomic mass is 19.1. The van der Waals surface area contributed by atoms with Gasteiger partial charge in [0.05, 0.1) is 6.54 Å². The Morgan fingerprint density at radius 3 is 2.54 bits per heavy atom. The van der Waals surface area contributed by atoms with Crippen LogP contribution in [0.15, 0.2) is 24.3 Å². The minimum absolute atomic E-state index is 0.0174. The maximum absolute atomic E-state index is 13.2. The Balaban J connectivity index is 1.43. The fourth-order valence-corrected chi connectivity index (χ4v) is 4.02. The average molecular weight is 389 g/mol. The van der Waals surface area contributed by atoms with Crippen LogP contribution in [0.5, 0.6) is 0 Å². The Bertz CT molecular complexity index is 731. The molecular formula is C21H28FN3O3. The van der Waals surface area contributed by atoms with Crippen LogP contribution in [-0.2, 0) is 9.59 Å². The average Bonchev–Trinajstić information content (AvgIpc) is 2.71. The van der Waals surface area contributed by atoms with Crippen molar-refractivity contribution in [3.05, 3.63) is 35.6 Å². The molecule has 0 saturated carbocycles. The molecule has 0 bridgehead atoms. The van der Waals surface area contributed by atoms with Crippen LogP contribution in [0.25, 0.3) is 0 Å². The number of likely N-dealkylation sites (tertiary alicyclic amines) is 2. The molecule has 1 aromatic rings. The molecule has 2 aliphatic rings. The normalized spacial score (nSPS) is 20.7. The lowest BCUT2D eigenvalue weighted by Crippen LogP contribution is -2.48. The van der Waals surface area contributed by atoms with Gasteiger partial charge in [0.2, 0.25) is 11.8 Å². The first kappa shape index (κ1) is 20.3. The topological polar surface area (TPSA) is 69.7 Å². The number of rotatable bonds is 4. The number of carbonyl (C=O) groups is 3. The summed E-state index contributed by atoms with van der Waals surface area (Å²) < 4.78 is 13.2. The van der Waals surface area contributed by atoms with Crippen molar-refractivity contribution in [2.75, 3.05) is 32.7 Å². The van der Waals surface area contributed by atoms with Crippen LogP contribution < -0.4 is 5.32 Å². The Hall–Kier alpha value is -2.44. The van der Waals surface area contributed by atoms with E-state index in [2.05, 4.69) is 12.2 Å². The van der Waals surface area contributed by atoms with E-state index < -0.39 is 11.7 Å². The van der Waals surface area contributed by atoms with Gasteiger partial charge in [0.15, 0.2) is 0 Å². The highest BCUT2D eigenvalue weighted by Gasteiger charge is 2.31. The van der Waals surface area contributed by atoms with E-state index >= 15 is 0 Å². The second-order valence-corrected chi connectivity index (χ2v) is 7.88. The maximum Gasteiger partial charge on any atom is 0.251 e. The van der Waals surface area contributed by atoms with Crippen molar-refractivity contribution in [1.82, 2.24) is 15.1 Å². The first-order valence-electron chi connectivity index (χ1n) is 10.0. The third-order valence-corrected chi connectivity index (χ3v) is 5.65. The highest BCUT2D eigenvalue weighted by molar-refractivity contribution is 5.96. The zero-order chi connectivity index (χ0) is 20.1. The van der Waals surface area contributed by atoms with E-state index in [0.717, 1.165) is 25.6 Å². The van der Waals surface area contributed by atoms with Crippen LogP contribution in [0, 0.1) is 17.7 Å². The van der Waals surface area contributed by atoms with Gasteiger partial charge in [-0.05, 0) is 49.8 Å². The van der Waals surface area contributed by atoms with E-state index in [9.17, 15) is 18.8 Å². The van der Waals surface area contributed by atoms with Crippen LogP contribution in [0.1, 0.15) is 43.0 Å². The molecule has 7 heteroatoms. The number of piperidine rings is 2. The van der Waals surface area contributed by atoms with E-state index in [1.807, 2.05) is 4.90 Å². The summed E-state index contributed by atoms with van der Waals surface area (Å²) in [5, 5.41) is 2.54. The van der Waals surface area contributed by atoms with Gasteiger partial charge in [-0.2, -0.15) is 0 Å². The van der Waals surface area contributed by atoms with Gasteiger partial charge in [-0.1, -0.05) is 13.0 Å². The van der Waals surface area contributed by atoms with Crippen LogP contribution in [0.2, 0.25) is 0 Å². The largest absolute Gasteiger partial charge is 0.343 e. The van der Waals surface area contributed by atoms with Crippen LogP contribution in [0.3, 0.4) is 0 Å². The number of amides is 3. The lowest BCUT2D eigenvalue weighted by Gasteiger charge is -2.37. The number of nitrogens with zero attached hydrogens (tertiary/aromatic N) is 2. The molecule has 0 radical (unpaired) electrons. The van der Waals surface area contributed by atoms with Crippen molar-refractivity contribution >= 4 is 17.7 Å². The van der Waals surface area contributed by atoms with Crippen LogP contribution in [-0.4, -0.2) is 60.2 Å². The van der Waals surface area contributed by atoms with Gasteiger partial charge in [-0.25, -0.2) is 4.39 Å². The first-order chi connectivity index (χ1) is 13.4. The fraction of sp³-hybridized carbons (Fsp3) is 0.571. The zero-order valence-corrected chi connectivity index (χ0v) is 16.3. The third-order valence-electron chi connectivity index (χ3n) is 5.65. The van der Waals surface area contributed by atoms with Gasteiger partial charge in [-0.3, -0.25) is 14.4 Å². The Labute approximate surface area is 165 Å². The summed E-state index contributed by atoms with van der Waals surface area (Å²) in [6.45, 7) is 4.78. The number of carbonyl (C=O) groups excluding carboxylic acids is 3. The summed E-state index contributed by atoms with van der Waals surface area (Å²) in [5.41, 5.74) is 0.188. The molecular weight excluding hydrogens is 361 g/mol. The van der Waals surface area contributed by atoms with Crippen molar-refractivity contribution < 1.29 is 18.8 Å². The molecule has 2 aliphatic heterocycles. The van der Waals surface area contributed by atoms with Crippen LogP contribution >= 0.6 is 0 Å². The molecule has 3 amide bonds. The smallest absolute Gasteiger partial charge is 0.251 e. The molecule has 2 saturated heterocycles. The summed E-state index contributed by atoms with van der Waals surface area (Å²) in [6, 6.07) is 5.36. The van der Waals surface area contributed by atoms with Crippen molar-refractivity contribution in [3.8, 4) is 0 Å². The van der Waals surface area contributed by atoms with E-state index in [0.29, 0.717) is 31.8 Å². The van der Waals surface area contributed by atoms with Crippen molar-refractivity contribution in [2.24, 2.45) is 11.8 Å². The fourth-order valence-electron chi connectivity index (χ4n) is 4.02. The molecule has 152 valence electrons. The minimum Gasteiger partial charge on any atom is -0.343 e. The van der Waals surface area contributed by atoms with E-state index in [1.54, 1.807) is 4.90 Å². The molecule has 0 aromatic heterocycles. The number of hydrogen-bond donors (Lipinski definition) is 1. The molecule has 2 fully saturated rings. The van der Waals surface area contributed by atoms with Gasteiger partial charge in [0.25, 0.3) is 5.91 Å². The van der Waals surface area contributed by atoms with Gasteiger partial charge in [-0.15, -0.1) is 0 Å². The maximum atomic E-state index is 13.2. The lowest BCUT2D eigenvalue weighted by atomic mass is 9.92. The Morgan fingerprint density at radius 2 is 1.86 bits per heavy atom. The summed E-state index contributed by atoms with van der Waals surface area (Å²) in [7, 11) is 0. The second-order valence-electron chi connectivity index (χ2n) is 7.88. The highest BCUT2D eigenvalue weighted by Crippen LogP contribution is 2.23.